The zero-order valence-corrected chi connectivity index (χ0v) is 8.48. The van der Waals surface area contributed by atoms with Gasteiger partial charge in [0, 0.05) is 0 Å². The molecule has 1 heteroatoms. The lowest BCUT2D eigenvalue weighted by Gasteiger charge is -2.04. The molecule has 0 radical (unpaired) electrons. The number of hydrogen-bond donors (Lipinski definition) is 1. The van der Waals surface area contributed by atoms with Crippen LogP contribution in [0.4, 0.5) is 0 Å². The fourth-order valence-corrected chi connectivity index (χ4v) is 1.31. The quantitative estimate of drug-likeness (QED) is 0.720. The van der Waals surface area contributed by atoms with Gasteiger partial charge in [0.1, 0.15) is 0 Å². The molecule has 1 N–H and O–H groups in total. The first-order valence-electron chi connectivity index (χ1n) is 4.78. The van der Waals surface area contributed by atoms with Gasteiger partial charge < -0.3 is 5.11 Å². The predicted octanol–water partition coefficient (Wildman–Crippen LogP) is 3.03. The molecule has 0 saturated heterocycles. The minimum atomic E-state index is -0.317. The molecule has 0 amide bonds. The number of aliphatic hydroxyl groups excluding tert-OH is 1. The third kappa shape index (κ3) is 3.58. The highest BCUT2D eigenvalue weighted by molar-refractivity contribution is 5.55. The maximum absolute atomic E-state index is 9.24. The van der Waals surface area contributed by atoms with E-state index in [0.29, 0.717) is 6.42 Å². The largest absolute Gasteiger partial charge is 0.393 e. The maximum Gasteiger partial charge on any atom is 0.0552 e. The van der Waals surface area contributed by atoms with Crippen LogP contribution in [0.15, 0.2) is 48.6 Å². The van der Waals surface area contributed by atoms with Crippen LogP contribution in [0.25, 0.3) is 6.08 Å². The van der Waals surface area contributed by atoms with Crippen molar-refractivity contribution >= 4 is 6.08 Å². The summed E-state index contributed by atoms with van der Waals surface area (Å²) in [6.07, 6.45) is 4.17. The zero-order valence-electron chi connectivity index (χ0n) is 8.48. The highest BCUT2D eigenvalue weighted by Gasteiger charge is 1.98. The number of hydrogen-bond acceptors (Lipinski definition) is 1. The van der Waals surface area contributed by atoms with Crippen molar-refractivity contribution in [1.29, 1.82) is 0 Å². The Hall–Kier alpha value is -1.34. The molecule has 1 rings (SSSR count). The lowest BCUT2D eigenvalue weighted by atomic mass is 10.1. The Morgan fingerprint density at radius 1 is 1.43 bits per heavy atom. The molecule has 0 bridgehead atoms. The van der Waals surface area contributed by atoms with Crippen LogP contribution < -0.4 is 0 Å². The minimum Gasteiger partial charge on any atom is -0.393 e. The van der Waals surface area contributed by atoms with Gasteiger partial charge in [-0.1, -0.05) is 49.1 Å². The Labute approximate surface area is 85.4 Å². The topological polar surface area (TPSA) is 20.2 Å². The van der Waals surface area contributed by atoms with E-state index in [1.54, 1.807) is 13.0 Å². The Bertz CT molecular complexity index is 309. The number of allylic oxidation sites excluding steroid dienone is 1. The number of benzene rings is 1. The summed E-state index contributed by atoms with van der Waals surface area (Å²) in [5, 5.41) is 9.24. The van der Waals surface area contributed by atoms with E-state index in [1.807, 2.05) is 36.4 Å². The van der Waals surface area contributed by atoms with Gasteiger partial charge >= 0.3 is 0 Å². The summed E-state index contributed by atoms with van der Waals surface area (Å²) in [6, 6.07) is 10.0. The predicted molar refractivity (Wildman–Crippen MR) is 60.9 cm³/mol. The molecule has 1 atom stereocenters. The van der Waals surface area contributed by atoms with Crippen LogP contribution in [0.2, 0.25) is 0 Å². The van der Waals surface area contributed by atoms with Gasteiger partial charge in [-0.3, -0.25) is 0 Å². The third-order valence-corrected chi connectivity index (χ3v) is 1.94. The highest BCUT2D eigenvalue weighted by Crippen LogP contribution is 2.12. The second-order valence-electron chi connectivity index (χ2n) is 3.39. The number of aliphatic hydroxyl groups is 1. The zero-order chi connectivity index (χ0) is 10.4. The Kier molecular flexibility index (Phi) is 4.14. The molecule has 74 valence electrons. The molecular formula is C13H16O. The molecule has 1 nitrogen and oxygen atoms in total. The molecule has 0 saturated carbocycles. The van der Waals surface area contributed by atoms with Gasteiger partial charge in [0.25, 0.3) is 0 Å². The van der Waals surface area contributed by atoms with E-state index in [-0.39, 0.29) is 6.10 Å². The second kappa shape index (κ2) is 5.40. The van der Waals surface area contributed by atoms with Crippen molar-refractivity contribution in [2.75, 3.05) is 0 Å². The SMILES string of the molecule is C=C/C(=C/c1ccccc1)CC(C)O. The lowest BCUT2D eigenvalue weighted by molar-refractivity contribution is 0.196. The van der Waals surface area contributed by atoms with Crippen molar-refractivity contribution in [3.8, 4) is 0 Å². The smallest absolute Gasteiger partial charge is 0.0552 e. The van der Waals surface area contributed by atoms with E-state index < -0.39 is 0 Å². The van der Waals surface area contributed by atoms with E-state index in [4.69, 9.17) is 0 Å². The Morgan fingerprint density at radius 3 is 2.57 bits per heavy atom. The summed E-state index contributed by atoms with van der Waals surface area (Å²) in [7, 11) is 0. The van der Waals surface area contributed by atoms with Crippen molar-refractivity contribution in [3.05, 3.63) is 54.1 Å². The fraction of sp³-hybridized carbons (Fsp3) is 0.231. The average molecular weight is 188 g/mol. The van der Waals surface area contributed by atoms with E-state index in [9.17, 15) is 5.11 Å². The van der Waals surface area contributed by atoms with Crippen LogP contribution >= 0.6 is 0 Å². The minimum absolute atomic E-state index is 0.317. The Balaban J connectivity index is 2.79. The fourth-order valence-electron chi connectivity index (χ4n) is 1.31. The van der Waals surface area contributed by atoms with Crippen LogP contribution in [-0.2, 0) is 0 Å². The normalized spacial score (nSPS) is 13.7. The average Bonchev–Trinajstić information content (AvgIpc) is 2.17. The first-order chi connectivity index (χ1) is 6.72. The van der Waals surface area contributed by atoms with Gasteiger partial charge in [0.15, 0.2) is 0 Å². The summed E-state index contributed by atoms with van der Waals surface area (Å²) in [5.41, 5.74) is 2.20. The monoisotopic (exact) mass is 188 g/mol. The van der Waals surface area contributed by atoms with Gasteiger partial charge in [-0.15, -0.1) is 0 Å². The van der Waals surface area contributed by atoms with Crippen LogP contribution in [0.5, 0.6) is 0 Å². The lowest BCUT2D eigenvalue weighted by Crippen LogP contribution is -1.99. The maximum atomic E-state index is 9.24. The molecular weight excluding hydrogens is 172 g/mol. The Morgan fingerprint density at radius 2 is 2.07 bits per heavy atom. The van der Waals surface area contributed by atoms with Crippen molar-refractivity contribution < 1.29 is 5.11 Å². The van der Waals surface area contributed by atoms with Crippen molar-refractivity contribution in [2.45, 2.75) is 19.4 Å². The van der Waals surface area contributed by atoms with E-state index in [1.165, 1.54) is 0 Å². The van der Waals surface area contributed by atoms with Gasteiger partial charge in [0.05, 0.1) is 6.10 Å². The summed E-state index contributed by atoms with van der Waals surface area (Å²) in [4.78, 5) is 0. The molecule has 0 aliphatic rings. The van der Waals surface area contributed by atoms with E-state index in [0.717, 1.165) is 11.1 Å². The summed E-state index contributed by atoms with van der Waals surface area (Å²) < 4.78 is 0. The molecule has 0 spiro atoms. The van der Waals surface area contributed by atoms with Gasteiger partial charge in [-0.25, -0.2) is 0 Å². The molecule has 1 unspecified atom stereocenters. The molecule has 0 aliphatic heterocycles. The van der Waals surface area contributed by atoms with Crippen LogP contribution in [-0.4, -0.2) is 11.2 Å². The van der Waals surface area contributed by atoms with E-state index >= 15 is 0 Å². The third-order valence-electron chi connectivity index (χ3n) is 1.94. The first kappa shape index (κ1) is 10.7. The molecule has 14 heavy (non-hydrogen) atoms. The molecule has 1 aromatic rings. The molecule has 0 aromatic heterocycles. The summed E-state index contributed by atoms with van der Waals surface area (Å²) >= 11 is 0. The molecule has 0 fully saturated rings. The molecule has 0 aliphatic carbocycles. The molecule has 0 heterocycles. The van der Waals surface area contributed by atoms with Gasteiger partial charge in [0.2, 0.25) is 0 Å². The van der Waals surface area contributed by atoms with Crippen LogP contribution in [0.3, 0.4) is 0 Å². The van der Waals surface area contributed by atoms with Gasteiger partial charge in [-0.05, 0) is 24.5 Å². The van der Waals surface area contributed by atoms with Crippen molar-refractivity contribution in [1.82, 2.24) is 0 Å². The first-order valence-corrected chi connectivity index (χ1v) is 4.78. The molecule has 1 aromatic carbocycles. The highest BCUT2D eigenvalue weighted by atomic mass is 16.3. The number of rotatable bonds is 4. The summed E-state index contributed by atoms with van der Waals surface area (Å²) in [6.45, 7) is 5.51. The van der Waals surface area contributed by atoms with Crippen molar-refractivity contribution in [2.24, 2.45) is 0 Å². The van der Waals surface area contributed by atoms with Gasteiger partial charge in [-0.2, -0.15) is 0 Å². The standard InChI is InChI=1S/C13H16O/c1-3-12(9-11(2)14)10-13-7-5-4-6-8-13/h3-8,10-11,14H,1,9H2,2H3/b12-10-. The van der Waals surface area contributed by atoms with Crippen LogP contribution in [0.1, 0.15) is 18.9 Å². The second-order valence-corrected chi connectivity index (χ2v) is 3.39. The van der Waals surface area contributed by atoms with Crippen molar-refractivity contribution in [3.63, 3.8) is 0 Å². The summed E-state index contributed by atoms with van der Waals surface area (Å²) in [5.74, 6) is 0. The van der Waals surface area contributed by atoms with Crippen LogP contribution in [0, 0.1) is 0 Å². The van der Waals surface area contributed by atoms with E-state index in [2.05, 4.69) is 6.58 Å².